The van der Waals surface area contributed by atoms with E-state index in [0.717, 1.165) is 22.0 Å². The van der Waals surface area contributed by atoms with Crippen LogP contribution in [0.1, 0.15) is 18.5 Å². The van der Waals surface area contributed by atoms with Crippen LogP contribution < -0.4 is 5.73 Å². The van der Waals surface area contributed by atoms with Crippen LogP contribution in [0.3, 0.4) is 0 Å². The predicted octanol–water partition coefficient (Wildman–Crippen LogP) is 4.40. The molecule has 0 spiro atoms. The van der Waals surface area contributed by atoms with E-state index >= 15 is 0 Å². The maximum absolute atomic E-state index is 13.3. The molecule has 4 rings (SSSR count). The maximum Gasteiger partial charge on any atom is 0.434 e. The number of amidine groups is 1. The number of hydrogen-bond donors (Lipinski definition) is 2. The van der Waals surface area contributed by atoms with E-state index in [4.69, 9.17) is 18.0 Å². The number of halogens is 3. The van der Waals surface area contributed by atoms with Gasteiger partial charge in [-0.25, -0.2) is 9.98 Å². The second-order valence-electron chi connectivity index (χ2n) is 6.70. The number of pyridine rings is 1. The lowest BCUT2D eigenvalue weighted by atomic mass is 10.00. The number of nitrogens with zero attached hydrogens (tertiary/aromatic N) is 3. The summed E-state index contributed by atoms with van der Waals surface area (Å²) in [6, 6.07) is 11.6. The number of aromatic nitrogens is 2. The van der Waals surface area contributed by atoms with Crippen molar-refractivity contribution in [3.63, 3.8) is 0 Å². The van der Waals surface area contributed by atoms with Crippen molar-refractivity contribution in [2.75, 3.05) is 0 Å². The van der Waals surface area contributed by atoms with Crippen molar-refractivity contribution in [3.8, 4) is 11.1 Å². The smallest absolute Gasteiger partial charge is 0.359 e. The molecule has 3 aromatic rings. The van der Waals surface area contributed by atoms with Crippen molar-refractivity contribution >= 4 is 39.5 Å². The number of benzene rings is 1. The van der Waals surface area contributed by atoms with Crippen LogP contribution in [0, 0.1) is 0 Å². The minimum Gasteiger partial charge on any atom is -0.359 e. The average Bonchev–Trinajstić information content (AvgIpc) is 3.12. The van der Waals surface area contributed by atoms with E-state index in [2.05, 4.69) is 20.0 Å². The maximum atomic E-state index is 13.3. The van der Waals surface area contributed by atoms with Crippen molar-refractivity contribution in [1.82, 2.24) is 9.97 Å². The fourth-order valence-electron chi connectivity index (χ4n) is 3.21. The number of fused-ring (bicyclic) bond motifs is 1. The molecule has 1 aliphatic heterocycles. The van der Waals surface area contributed by atoms with Gasteiger partial charge in [0.15, 0.2) is 5.71 Å². The second kappa shape index (κ2) is 7.16. The van der Waals surface area contributed by atoms with Gasteiger partial charge in [0, 0.05) is 17.1 Å². The Hall–Kier alpha value is -2.91. The summed E-state index contributed by atoms with van der Waals surface area (Å²) in [7, 11) is 0. The molecule has 2 aromatic heterocycles. The third-order valence-electron chi connectivity index (χ3n) is 4.77. The highest BCUT2D eigenvalue weighted by Gasteiger charge is 2.42. The zero-order chi connectivity index (χ0) is 20.8. The Morgan fingerprint density at radius 2 is 1.93 bits per heavy atom. The zero-order valence-electron chi connectivity index (χ0n) is 15.2. The Morgan fingerprint density at radius 3 is 2.62 bits per heavy atom. The summed E-state index contributed by atoms with van der Waals surface area (Å²) in [5.41, 5.74) is 7.90. The first-order chi connectivity index (χ1) is 13.8. The predicted molar refractivity (Wildman–Crippen MR) is 111 cm³/mol. The zero-order valence-corrected chi connectivity index (χ0v) is 16.1. The van der Waals surface area contributed by atoms with Crippen LogP contribution in [0.5, 0.6) is 0 Å². The molecule has 2 unspecified atom stereocenters. The molecule has 0 radical (unpaired) electrons. The van der Waals surface area contributed by atoms with Crippen LogP contribution in [-0.4, -0.2) is 38.7 Å². The van der Waals surface area contributed by atoms with Crippen molar-refractivity contribution in [2.24, 2.45) is 15.7 Å². The van der Waals surface area contributed by atoms with Gasteiger partial charge in [-0.05, 0) is 18.6 Å². The van der Waals surface area contributed by atoms with E-state index in [1.807, 2.05) is 42.6 Å². The molecule has 9 heteroatoms. The molecule has 3 heterocycles. The standard InChI is InChI=1S/C20H16F3N5S/c1-10(19-27-17(20(21,22)23)16(29)18(24)28-19)14-7-12-13(8-25-15(12)9-26-14)11-5-3-2-4-6-11/h2-10,18,25H,24H2,1H3. The molecule has 3 N–H and O–H groups in total. The fourth-order valence-corrected chi connectivity index (χ4v) is 3.43. The number of nitrogens with one attached hydrogen (secondary N) is 1. The second-order valence-corrected chi connectivity index (χ2v) is 7.14. The van der Waals surface area contributed by atoms with Gasteiger partial charge in [0.2, 0.25) is 0 Å². The molecule has 1 aliphatic rings. The van der Waals surface area contributed by atoms with E-state index in [-0.39, 0.29) is 5.84 Å². The van der Waals surface area contributed by atoms with Gasteiger partial charge >= 0.3 is 6.18 Å². The van der Waals surface area contributed by atoms with Crippen molar-refractivity contribution in [2.45, 2.75) is 25.2 Å². The van der Waals surface area contributed by atoms with Crippen LogP contribution >= 0.6 is 12.2 Å². The van der Waals surface area contributed by atoms with Gasteiger partial charge in [-0.1, -0.05) is 42.5 Å². The van der Waals surface area contributed by atoms with Crippen molar-refractivity contribution < 1.29 is 13.2 Å². The number of rotatable bonds is 3. The monoisotopic (exact) mass is 415 g/mol. The Morgan fingerprint density at radius 1 is 1.21 bits per heavy atom. The number of hydrogen-bond acceptors (Lipinski definition) is 5. The lowest BCUT2D eigenvalue weighted by Gasteiger charge is -2.22. The molecule has 2 atom stereocenters. The summed E-state index contributed by atoms with van der Waals surface area (Å²) < 4.78 is 39.8. The van der Waals surface area contributed by atoms with Gasteiger partial charge in [0.1, 0.15) is 12.0 Å². The number of nitrogens with two attached hydrogens (primary N) is 1. The molecule has 0 bridgehead atoms. The molecule has 29 heavy (non-hydrogen) atoms. The third kappa shape index (κ3) is 3.58. The highest BCUT2D eigenvalue weighted by molar-refractivity contribution is 7.82. The summed E-state index contributed by atoms with van der Waals surface area (Å²) in [4.78, 5) is 14.8. The van der Waals surface area contributed by atoms with Gasteiger partial charge in [-0.3, -0.25) is 4.98 Å². The molecule has 5 nitrogen and oxygen atoms in total. The summed E-state index contributed by atoms with van der Waals surface area (Å²) in [6.07, 6.45) is -2.42. The molecule has 0 fully saturated rings. The van der Waals surface area contributed by atoms with E-state index in [1.54, 1.807) is 13.1 Å². The molecule has 0 saturated heterocycles. The first-order valence-corrected chi connectivity index (χ1v) is 9.22. The SMILES string of the molecule is CC(C1=NC(N)C(=S)C(C(F)(F)F)=N1)c1cc2c(-c3ccccc3)c[nH]c2cn1. The van der Waals surface area contributed by atoms with E-state index < -0.39 is 28.8 Å². The summed E-state index contributed by atoms with van der Waals surface area (Å²) in [5, 5.41) is 0.907. The van der Waals surface area contributed by atoms with E-state index in [0.29, 0.717) is 5.69 Å². The van der Waals surface area contributed by atoms with Crippen LogP contribution in [0.4, 0.5) is 13.2 Å². The van der Waals surface area contributed by atoms with Crippen molar-refractivity contribution in [1.29, 1.82) is 0 Å². The van der Waals surface area contributed by atoms with E-state index in [1.165, 1.54) is 0 Å². The van der Waals surface area contributed by atoms with Crippen LogP contribution in [0.2, 0.25) is 0 Å². The third-order valence-corrected chi connectivity index (χ3v) is 5.21. The highest BCUT2D eigenvalue weighted by atomic mass is 32.1. The lowest BCUT2D eigenvalue weighted by molar-refractivity contribution is -0.0566. The lowest BCUT2D eigenvalue weighted by Crippen LogP contribution is -2.44. The number of aromatic amines is 1. The van der Waals surface area contributed by atoms with Crippen LogP contribution in [-0.2, 0) is 0 Å². The van der Waals surface area contributed by atoms with Crippen molar-refractivity contribution in [3.05, 3.63) is 54.5 Å². The first kappa shape index (κ1) is 19.4. The first-order valence-electron chi connectivity index (χ1n) is 8.81. The Kier molecular flexibility index (Phi) is 4.79. The van der Waals surface area contributed by atoms with Gasteiger partial charge in [-0.15, -0.1) is 0 Å². The Labute approximate surface area is 169 Å². The highest BCUT2D eigenvalue weighted by Crippen LogP contribution is 2.31. The minimum absolute atomic E-state index is 0.0397. The topological polar surface area (TPSA) is 79.4 Å². The number of aliphatic imine (C=N–C) groups is 2. The quantitative estimate of drug-likeness (QED) is 0.622. The van der Waals surface area contributed by atoms with Crippen LogP contribution in [0.15, 0.2) is 58.8 Å². The molecular weight excluding hydrogens is 399 g/mol. The van der Waals surface area contributed by atoms with Gasteiger partial charge in [0.05, 0.1) is 28.2 Å². The molecule has 0 saturated carbocycles. The van der Waals surface area contributed by atoms with E-state index in [9.17, 15) is 13.2 Å². The summed E-state index contributed by atoms with van der Waals surface area (Å²) in [5.74, 6) is -0.633. The minimum atomic E-state index is -4.69. The molecule has 1 aromatic carbocycles. The molecule has 0 amide bonds. The summed E-state index contributed by atoms with van der Waals surface area (Å²) >= 11 is 4.77. The van der Waals surface area contributed by atoms with Gasteiger partial charge < -0.3 is 10.7 Å². The number of thiocarbonyl (C=S) groups is 1. The average molecular weight is 415 g/mol. The molecule has 0 aliphatic carbocycles. The fraction of sp³-hybridized carbons (Fsp3) is 0.200. The molecule has 148 valence electrons. The van der Waals surface area contributed by atoms with Crippen LogP contribution in [0.25, 0.3) is 22.0 Å². The largest absolute Gasteiger partial charge is 0.434 e. The molecular formula is C20H16F3N5S. The Bertz CT molecular complexity index is 1150. The Balaban J connectivity index is 1.76. The van der Waals surface area contributed by atoms with Gasteiger partial charge in [-0.2, -0.15) is 13.2 Å². The number of alkyl halides is 3. The van der Waals surface area contributed by atoms with Gasteiger partial charge in [0.25, 0.3) is 0 Å². The number of H-pyrrole nitrogens is 1. The normalized spacial score (nSPS) is 18.5. The summed E-state index contributed by atoms with van der Waals surface area (Å²) in [6.45, 7) is 1.69.